The third-order valence-corrected chi connectivity index (χ3v) is 8.82. The predicted molar refractivity (Wildman–Crippen MR) is 127 cm³/mol. The van der Waals surface area contributed by atoms with E-state index >= 15 is 0 Å². The van der Waals surface area contributed by atoms with Gasteiger partial charge in [-0.15, -0.1) is 0 Å². The first-order chi connectivity index (χ1) is 16.7. The highest BCUT2D eigenvalue weighted by molar-refractivity contribution is 7.89. The highest BCUT2D eigenvalue weighted by Gasteiger charge is 2.51. The highest BCUT2D eigenvalue weighted by Crippen LogP contribution is 2.39. The molecule has 5 rings (SSSR count). The van der Waals surface area contributed by atoms with Crippen molar-refractivity contribution < 1.29 is 21.6 Å². The summed E-state index contributed by atoms with van der Waals surface area (Å²) in [5.41, 5.74) is -2.69. The number of nitrogens with one attached hydrogen (secondary N) is 1. The lowest BCUT2D eigenvalue weighted by atomic mass is 9.97. The molecular weight excluding hydrogens is 479 g/mol. The van der Waals surface area contributed by atoms with E-state index in [9.17, 15) is 21.6 Å². The summed E-state index contributed by atoms with van der Waals surface area (Å²) < 4.78 is 67.2. The van der Waals surface area contributed by atoms with Crippen molar-refractivity contribution in [1.29, 1.82) is 0 Å². The van der Waals surface area contributed by atoms with Gasteiger partial charge < -0.3 is 9.88 Å². The number of aromatic amines is 1. The molecule has 188 valence electrons. The Balaban J connectivity index is 1.62. The second kappa shape index (κ2) is 9.42. The van der Waals surface area contributed by atoms with Crippen LogP contribution in [0.15, 0.2) is 43.0 Å². The van der Waals surface area contributed by atoms with Gasteiger partial charge in [0, 0.05) is 48.2 Å². The van der Waals surface area contributed by atoms with E-state index in [1.165, 1.54) is 12.8 Å². The fourth-order valence-corrected chi connectivity index (χ4v) is 6.44. The van der Waals surface area contributed by atoms with Crippen molar-refractivity contribution in [1.82, 2.24) is 19.3 Å². The smallest absolute Gasteiger partial charge is 0.361 e. The van der Waals surface area contributed by atoms with Crippen molar-refractivity contribution in [2.75, 3.05) is 11.4 Å². The Morgan fingerprint density at radius 2 is 1.91 bits per heavy atom. The molecule has 0 radical (unpaired) electrons. The van der Waals surface area contributed by atoms with Crippen LogP contribution in [0.5, 0.6) is 0 Å². The monoisotopic (exact) mass is 507 g/mol. The molecule has 7 nitrogen and oxygen atoms in total. The van der Waals surface area contributed by atoms with Crippen molar-refractivity contribution in [2.24, 2.45) is 5.92 Å². The van der Waals surface area contributed by atoms with E-state index in [1.54, 1.807) is 30.9 Å². The van der Waals surface area contributed by atoms with Gasteiger partial charge in [-0.2, -0.15) is 17.5 Å². The number of sulfonamides is 1. The Kier molecular flexibility index (Phi) is 6.47. The molecule has 1 fully saturated rings. The Morgan fingerprint density at radius 3 is 2.63 bits per heavy atom. The Labute approximate surface area is 202 Å². The van der Waals surface area contributed by atoms with Gasteiger partial charge in [0.15, 0.2) is 0 Å². The number of imidazole rings is 1. The normalized spacial score (nSPS) is 20.3. The van der Waals surface area contributed by atoms with Crippen LogP contribution < -0.4 is 4.90 Å². The quantitative estimate of drug-likeness (QED) is 0.510. The molecule has 1 atom stereocenters. The minimum atomic E-state index is -5.52. The summed E-state index contributed by atoms with van der Waals surface area (Å²) in [6.45, 7) is -0.216. The molecule has 0 unspecified atom stereocenters. The second-order valence-electron chi connectivity index (χ2n) is 9.46. The number of H-pyrrole nitrogens is 1. The summed E-state index contributed by atoms with van der Waals surface area (Å²) in [5, 5.41) is 0.651. The average molecular weight is 508 g/mol. The van der Waals surface area contributed by atoms with Gasteiger partial charge >= 0.3 is 15.5 Å². The zero-order valence-electron chi connectivity index (χ0n) is 19.2. The SMILES string of the molecule is O=S(=O)(N1Cc2c(ccc3ncccc23)N(Cc2cnc[nH]2)[C@H](CCC2CCCC2)C1)C(F)(F)F. The number of nitrogens with zero attached hydrogens (tertiary/aromatic N) is 4. The molecule has 1 N–H and O–H groups in total. The van der Waals surface area contributed by atoms with Crippen LogP contribution in [0.25, 0.3) is 10.9 Å². The van der Waals surface area contributed by atoms with E-state index in [-0.39, 0.29) is 13.1 Å². The highest BCUT2D eigenvalue weighted by atomic mass is 32.2. The zero-order chi connectivity index (χ0) is 24.6. The number of pyridine rings is 1. The number of rotatable bonds is 6. The minimum Gasteiger partial charge on any atom is -0.361 e. The van der Waals surface area contributed by atoms with Crippen LogP contribution in [0.2, 0.25) is 0 Å². The Morgan fingerprint density at radius 1 is 1.11 bits per heavy atom. The van der Waals surface area contributed by atoms with E-state index in [0.29, 0.717) is 39.7 Å². The topological polar surface area (TPSA) is 82.2 Å². The van der Waals surface area contributed by atoms with E-state index in [2.05, 4.69) is 19.9 Å². The van der Waals surface area contributed by atoms with Gasteiger partial charge in [-0.05, 0) is 37.0 Å². The van der Waals surface area contributed by atoms with Gasteiger partial charge in [-0.25, -0.2) is 13.4 Å². The fourth-order valence-electron chi connectivity index (χ4n) is 5.48. The number of hydrogen-bond acceptors (Lipinski definition) is 5. The summed E-state index contributed by atoms with van der Waals surface area (Å²) >= 11 is 0. The van der Waals surface area contributed by atoms with Crippen molar-refractivity contribution in [2.45, 2.75) is 63.2 Å². The molecular formula is C24H28F3N5O2S. The average Bonchev–Trinajstić information content (AvgIpc) is 3.51. The number of aromatic nitrogens is 3. The van der Waals surface area contributed by atoms with Gasteiger partial charge in [0.25, 0.3) is 0 Å². The van der Waals surface area contributed by atoms with Crippen LogP contribution in [0, 0.1) is 5.92 Å². The third kappa shape index (κ3) is 4.75. The van der Waals surface area contributed by atoms with Crippen LogP contribution in [-0.2, 0) is 23.1 Å². The molecule has 2 aromatic heterocycles. The van der Waals surface area contributed by atoms with Gasteiger partial charge in [-0.3, -0.25) is 4.98 Å². The molecule has 1 saturated carbocycles. The summed E-state index contributed by atoms with van der Waals surface area (Å²) in [4.78, 5) is 13.6. The maximum absolute atomic E-state index is 13.7. The summed E-state index contributed by atoms with van der Waals surface area (Å²) in [7, 11) is -5.52. The third-order valence-electron chi connectivity index (χ3n) is 7.28. The molecule has 2 aliphatic rings. The predicted octanol–water partition coefficient (Wildman–Crippen LogP) is 4.97. The maximum atomic E-state index is 13.7. The van der Waals surface area contributed by atoms with E-state index in [4.69, 9.17) is 0 Å². The fraction of sp³-hybridized carbons (Fsp3) is 0.500. The molecule has 0 saturated heterocycles. The molecule has 3 aromatic rings. The molecule has 0 amide bonds. The van der Waals surface area contributed by atoms with Gasteiger partial charge in [-0.1, -0.05) is 31.7 Å². The molecule has 1 aliphatic heterocycles. The Bertz CT molecular complexity index is 1270. The minimum absolute atomic E-state index is 0.237. The van der Waals surface area contributed by atoms with Crippen LogP contribution in [-0.4, -0.2) is 45.8 Å². The Hall–Kier alpha value is -2.66. The number of alkyl halides is 3. The largest absolute Gasteiger partial charge is 0.511 e. The van der Waals surface area contributed by atoms with Crippen LogP contribution >= 0.6 is 0 Å². The number of anilines is 1. The van der Waals surface area contributed by atoms with E-state index < -0.39 is 21.6 Å². The van der Waals surface area contributed by atoms with Crippen molar-refractivity contribution in [3.8, 4) is 0 Å². The number of hydrogen-bond donors (Lipinski definition) is 1. The van der Waals surface area contributed by atoms with Crippen LogP contribution in [0.1, 0.15) is 49.8 Å². The molecule has 35 heavy (non-hydrogen) atoms. The van der Waals surface area contributed by atoms with Gasteiger partial charge in [0.2, 0.25) is 0 Å². The summed E-state index contributed by atoms with van der Waals surface area (Å²) in [6.07, 6.45) is 10.9. The first-order valence-corrected chi connectivity index (χ1v) is 13.3. The zero-order valence-corrected chi connectivity index (χ0v) is 20.0. The molecule has 1 aromatic carbocycles. The van der Waals surface area contributed by atoms with Crippen molar-refractivity contribution in [3.63, 3.8) is 0 Å². The summed E-state index contributed by atoms with van der Waals surface area (Å²) in [6, 6.07) is 6.77. The van der Waals surface area contributed by atoms with E-state index in [0.717, 1.165) is 30.6 Å². The number of fused-ring (bicyclic) bond motifs is 3. The maximum Gasteiger partial charge on any atom is 0.511 e. The van der Waals surface area contributed by atoms with E-state index in [1.807, 2.05) is 12.1 Å². The molecule has 3 heterocycles. The first-order valence-electron chi connectivity index (χ1n) is 11.9. The standard InChI is InChI=1S/C24H28F3N5O2S/c25-24(26,27)35(33,34)31-14-19(8-7-17-4-1-2-5-17)32(13-18-12-28-16-30-18)23-10-9-22-20(21(23)15-31)6-3-11-29-22/h3,6,9-12,16-17,19H,1-2,4-5,7-8,13-15H2,(H,28,30)/t19-/m1/s1. The lowest BCUT2D eigenvalue weighted by Crippen LogP contribution is -2.47. The molecule has 1 aliphatic carbocycles. The van der Waals surface area contributed by atoms with Gasteiger partial charge in [0.1, 0.15) is 0 Å². The van der Waals surface area contributed by atoms with Crippen LogP contribution in [0.4, 0.5) is 18.9 Å². The second-order valence-corrected chi connectivity index (χ2v) is 11.4. The first kappa shape index (κ1) is 24.1. The molecule has 0 spiro atoms. The van der Waals surface area contributed by atoms with Crippen molar-refractivity contribution >= 4 is 26.6 Å². The van der Waals surface area contributed by atoms with Crippen molar-refractivity contribution in [3.05, 3.63) is 54.2 Å². The lowest BCUT2D eigenvalue weighted by molar-refractivity contribution is -0.0492. The lowest BCUT2D eigenvalue weighted by Gasteiger charge is -2.34. The number of benzene rings is 1. The van der Waals surface area contributed by atoms with Gasteiger partial charge in [0.05, 0.1) is 24.1 Å². The number of halogens is 3. The summed E-state index contributed by atoms with van der Waals surface area (Å²) in [5.74, 6) is 0.528. The van der Waals surface area contributed by atoms with Crippen LogP contribution in [0.3, 0.4) is 0 Å². The molecule has 11 heteroatoms. The molecule has 0 bridgehead atoms.